The van der Waals surface area contributed by atoms with Gasteiger partial charge in [0.1, 0.15) is 10.7 Å². The van der Waals surface area contributed by atoms with Gasteiger partial charge < -0.3 is 25.7 Å². The molecule has 1 unspecified atom stereocenters. The van der Waals surface area contributed by atoms with Crippen LogP contribution < -0.4 is 20.7 Å². The Bertz CT molecular complexity index is 1050. The molecule has 0 spiro atoms. The van der Waals surface area contributed by atoms with Crippen molar-refractivity contribution >= 4 is 51.6 Å². The van der Waals surface area contributed by atoms with Crippen LogP contribution in [0.15, 0.2) is 11.1 Å². The molecule has 4 N–H and O–H groups in total. The van der Waals surface area contributed by atoms with E-state index in [-0.39, 0.29) is 39.0 Å². The van der Waals surface area contributed by atoms with Gasteiger partial charge in [0.2, 0.25) is 0 Å². The van der Waals surface area contributed by atoms with Gasteiger partial charge in [0.15, 0.2) is 11.6 Å². The molecule has 0 radical (unpaired) electrons. The van der Waals surface area contributed by atoms with Crippen LogP contribution in [0.4, 0.5) is 5.82 Å². The number of halogens is 2. The van der Waals surface area contributed by atoms with Crippen LogP contribution in [0.2, 0.25) is 10.0 Å². The van der Waals surface area contributed by atoms with Crippen molar-refractivity contribution in [2.75, 3.05) is 31.4 Å². The smallest absolute Gasteiger partial charge is 0.269 e. The van der Waals surface area contributed by atoms with E-state index < -0.39 is 16.7 Å². The molecule has 2 aromatic heterocycles. The summed E-state index contributed by atoms with van der Waals surface area (Å²) < 4.78 is 17.4. The first kappa shape index (κ1) is 23.4. The van der Waals surface area contributed by atoms with Crippen LogP contribution >= 0.6 is 23.2 Å². The van der Waals surface area contributed by atoms with Gasteiger partial charge in [-0.15, -0.1) is 0 Å². The van der Waals surface area contributed by atoms with Crippen LogP contribution in [0.3, 0.4) is 0 Å². The fourth-order valence-corrected chi connectivity index (χ4v) is 4.38. The maximum absolute atomic E-state index is 12.6. The number of aryl methyl sites for hydroxylation is 1. The van der Waals surface area contributed by atoms with Gasteiger partial charge in [-0.3, -0.25) is 13.8 Å². The lowest BCUT2D eigenvalue weighted by Gasteiger charge is -2.34. The molecule has 3 heterocycles. The van der Waals surface area contributed by atoms with Gasteiger partial charge >= 0.3 is 0 Å². The number of H-pyrrole nitrogens is 1. The Hall–Kier alpha value is -2.30. The summed E-state index contributed by atoms with van der Waals surface area (Å²) in [6, 6.07) is 1.30. The van der Waals surface area contributed by atoms with Crippen molar-refractivity contribution in [1.29, 1.82) is 0 Å². The molecule has 12 heteroatoms. The molecule has 168 valence electrons. The van der Waals surface area contributed by atoms with Gasteiger partial charge in [0.05, 0.1) is 33.5 Å². The fourth-order valence-electron chi connectivity index (χ4n) is 3.46. The Morgan fingerprint density at radius 1 is 1.32 bits per heavy atom. The van der Waals surface area contributed by atoms with E-state index in [1.54, 1.807) is 6.92 Å². The number of aromatic amines is 1. The molecule has 2 aromatic rings. The van der Waals surface area contributed by atoms with Crippen molar-refractivity contribution in [3.63, 3.8) is 0 Å². The molecule has 31 heavy (non-hydrogen) atoms. The average molecular weight is 488 g/mol. The Balaban J connectivity index is 1.76. The number of hydrogen-bond donors (Lipinski definition) is 3. The molecule has 1 saturated heterocycles. The van der Waals surface area contributed by atoms with Gasteiger partial charge in [0, 0.05) is 31.1 Å². The number of carbonyl (C=O) groups excluding carboxylic acids is 2. The number of amides is 2. The lowest BCUT2D eigenvalue weighted by Crippen LogP contribution is -2.45. The minimum Gasteiger partial charge on any atom is -0.492 e. The third-order valence-corrected chi connectivity index (χ3v) is 6.85. The number of rotatable bonds is 6. The van der Waals surface area contributed by atoms with Crippen molar-refractivity contribution < 1.29 is 18.5 Å². The SMILES string of the molecule is COc1c(C(N)=O)cc(S(C)=O)nc1N1CCC(NC(=O)c2[nH]c(C)c(Cl)c2Cl)CC1. The molecule has 0 aromatic carbocycles. The number of nitrogens with two attached hydrogens (primary N) is 1. The number of anilines is 1. The molecule has 2 amide bonds. The van der Waals surface area contributed by atoms with Crippen LogP contribution in [0.1, 0.15) is 39.4 Å². The van der Waals surface area contributed by atoms with E-state index in [1.165, 1.54) is 19.4 Å². The summed E-state index contributed by atoms with van der Waals surface area (Å²) in [5, 5.41) is 3.74. The molecule has 1 atom stereocenters. The highest BCUT2D eigenvalue weighted by Gasteiger charge is 2.28. The second-order valence-corrected chi connectivity index (χ2v) is 9.25. The number of carbonyl (C=O) groups is 2. The van der Waals surface area contributed by atoms with Crippen LogP contribution in [0, 0.1) is 6.92 Å². The molecule has 9 nitrogen and oxygen atoms in total. The van der Waals surface area contributed by atoms with Gasteiger partial charge in [0.25, 0.3) is 11.8 Å². The molecule has 1 aliphatic rings. The summed E-state index contributed by atoms with van der Waals surface area (Å²) in [6.07, 6.45) is 2.71. The largest absolute Gasteiger partial charge is 0.492 e. The highest BCUT2D eigenvalue weighted by atomic mass is 35.5. The highest BCUT2D eigenvalue weighted by Crippen LogP contribution is 2.33. The number of methoxy groups -OCH3 is 1. The molecule has 0 bridgehead atoms. The monoisotopic (exact) mass is 487 g/mol. The minimum atomic E-state index is -1.40. The lowest BCUT2D eigenvalue weighted by atomic mass is 10.0. The zero-order chi connectivity index (χ0) is 22.9. The van der Waals surface area contributed by atoms with E-state index in [0.717, 1.165) is 0 Å². The number of aromatic nitrogens is 2. The molecule has 0 saturated carbocycles. The van der Waals surface area contributed by atoms with Crippen molar-refractivity contribution in [2.45, 2.75) is 30.8 Å². The van der Waals surface area contributed by atoms with Gasteiger partial charge in [-0.2, -0.15) is 0 Å². The van der Waals surface area contributed by atoms with E-state index in [9.17, 15) is 13.8 Å². The predicted octanol–water partition coefficient (Wildman–Crippen LogP) is 2.27. The summed E-state index contributed by atoms with van der Waals surface area (Å²) in [5.74, 6) is -0.365. The Morgan fingerprint density at radius 3 is 2.45 bits per heavy atom. The zero-order valence-electron chi connectivity index (χ0n) is 17.3. The van der Waals surface area contributed by atoms with Crippen LogP contribution in [0.5, 0.6) is 5.75 Å². The summed E-state index contributed by atoms with van der Waals surface area (Å²) in [4.78, 5) is 33.7. The maximum Gasteiger partial charge on any atom is 0.269 e. The topological polar surface area (TPSA) is 130 Å². The quantitative estimate of drug-likeness (QED) is 0.572. The van der Waals surface area contributed by atoms with Crippen LogP contribution in [-0.2, 0) is 10.8 Å². The first-order chi connectivity index (χ1) is 14.6. The van der Waals surface area contributed by atoms with Crippen molar-refractivity contribution in [1.82, 2.24) is 15.3 Å². The van der Waals surface area contributed by atoms with Crippen molar-refractivity contribution in [2.24, 2.45) is 5.73 Å². The van der Waals surface area contributed by atoms with Gasteiger partial charge in [-0.05, 0) is 25.8 Å². The highest BCUT2D eigenvalue weighted by molar-refractivity contribution is 7.84. The van der Waals surface area contributed by atoms with E-state index in [0.29, 0.717) is 42.5 Å². The zero-order valence-corrected chi connectivity index (χ0v) is 19.6. The van der Waals surface area contributed by atoms with E-state index in [1.807, 2.05) is 4.90 Å². The van der Waals surface area contributed by atoms with E-state index in [2.05, 4.69) is 15.3 Å². The number of pyridine rings is 1. The van der Waals surface area contributed by atoms with Crippen molar-refractivity contribution in [3.8, 4) is 5.75 Å². The number of nitrogens with one attached hydrogen (secondary N) is 2. The van der Waals surface area contributed by atoms with E-state index in [4.69, 9.17) is 33.7 Å². The van der Waals surface area contributed by atoms with Crippen LogP contribution in [-0.4, -0.2) is 58.5 Å². The summed E-state index contributed by atoms with van der Waals surface area (Å²) in [6.45, 7) is 2.80. The van der Waals surface area contributed by atoms with Gasteiger partial charge in [-0.1, -0.05) is 23.2 Å². The number of nitrogens with zero attached hydrogens (tertiary/aromatic N) is 2. The standard InChI is InChI=1S/C19H23Cl2N5O4S/c1-9-13(20)14(21)15(23-9)19(28)24-10-4-6-26(7-5-10)18-16(30-2)11(17(22)27)8-12(25-18)31(3)29/h8,10,23H,4-7H2,1-3H3,(H2,22,27)(H,24,28). The molecule has 0 aliphatic carbocycles. The van der Waals surface area contributed by atoms with E-state index >= 15 is 0 Å². The minimum absolute atomic E-state index is 0.0905. The normalized spacial score (nSPS) is 15.6. The molecule has 1 fully saturated rings. The Labute approximate surface area is 192 Å². The van der Waals surface area contributed by atoms with Crippen molar-refractivity contribution in [3.05, 3.63) is 33.1 Å². The number of ether oxygens (including phenoxy) is 1. The first-order valence-corrected chi connectivity index (χ1v) is 11.8. The molecule has 3 rings (SSSR count). The van der Waals surface area contributed by atoms with Crippen LogP contribution in [0.25, 0.3) is 0 Å². The summed E-state index contributed by atoms with van der Waals surface area (Å²) in [7, 11) is 0.0224. The fraction of sp³-hybridized carbons (Fsp3) is 0.421. The predicted molar refractivity (Wildman–Crippen MR) is 120 cm³/mol. The second kappa shape index (κ2) is 9.46. The second-order valence-electron chi connectivity index (χ2n) is 7.17. The maximum atomic E-state index is 12.6. The molecule has 1 aliphatic heterocycles. The number of hydrogen-bond acceptors (Lipinski definition) is 6. The number of piperidine rings is 1. The summed E-state index contributed by atoms with van der Waals surface area (Å²) >= 11 is 12.2. The molecular weight excluding hydrogens is 465 g/mol. The third-order valence-electron chi connectivity index (χ3n) is 5.11. The first-order valence-electron chi connectivity index (χ1n) is 9.45. The Morgan fingerprint density at radius 2 is 1.97 bits per heavy atom. The lowest BCUT2D eigenvalue weighted by molar-refractivity contribution is 0.0925. The Kier molecular flexibility index (Phi) is 7.13. The third kappa shape index (κ3) is 4.81. The average Bonchev–Trinajstić information content (AvgIpc) is 3.00. The number of primary amides is 1. The summed E-state index contributed by atoms with van der Waals surface area (Å²) in [5.41, 5.74) is 6.47. The molecular formula is C19H23Cl2N5O4S. The van der Waals surface area contributed by atoms with Gasteiger partial charge in [-0.25, -0.2) is 4.98 Å².